The molecule has 0 aliphatic carbocycles. The third-order valence-corrected chi connectivity index (χ3v) is 5.73. The van der Waals surface area contributed by atoms with Gasteiger partial charge in [0, 0.05) is 48.1 Å². The topological polar surface area (TPSA) is 117 Å². The van der Waals surface area contributed by atoms with Crippen molar-refractivity contribution in [2.45, 2.75) is 26.3 Å². The summed E-state index contributed by atoms with van der Waals surface area (Å²) in [6.45, 7) is 4.60. The van der Waals surface area contributed by atoms with E-state index >= 15 is 0 Å². The van der Waals surface area contributed by atoms with Gasteiger partial charge in [0.25, 0.3) is 5.69 Å². The number of nitrogens with zero attached hydrogens (tertiary/aromatic N) is 3. The number of aliphatic imine (C=N–C) groups is 1. The fourth-order valence-corrected chi connectivity index (χ4v) is 4.07. The van der Waals surface area contributed by atoms with Gasteiger partial charge in [0.1, 0.15) is 6.61 Å². The van der Waals surface area contributed by atoms with Crippen LogP contribution in [0.5, 0.6) is 0 Å². The number of nitro groups is 1. The van der Waals surface area contributed by atoms with Crippen LogP contribution >= 0.6 is 0 Å². The van der Waals surface area contributed by atoms with Gasteiger partial charge < -0.3 is 14.6 Å². The van der Waals surface area contributed by atoms with Crippen LogP contribution in [-0.2, 0) is 20.8 Å². The number of carbonyl (C=O) groups excluding carboxylic acids is 1. The van der Waals surface area contributed by atoms with E-state index in [0.29, 0.717) is 30.1 Å². The van der Waals surface area contributed by atoms with Crippen LogP contribution < -0.4 is 24.0 Å². The summed E-state index contributed by atoms with van der Waals surface area (Å²) in [7, 11) is 3.16. The Morgan fingerprint density at radius 3 is 2.47 bits per heavy atom. The van der Waals surface area contributed by atoms with Crippen LogP contribution in [0.2, 0.25) is 0 Å². The molecule has 0 saturated carbocycles. The van der Waals surface area contributed by atoms with E-state index in [1.54, 1.807) is 19.9 Å². The molecule has 1 aliphatic heterocycles. The van der Waals surface area contributed by atoms with Gasteiger partial charge in [-0.25, -0.2) is 4.79 Å². The molecule has 0 N–H and O–H groups in total. The molecule has 0 amide bonds. The molecular formula is C26H28LiN3O6. The van der Waals surface area contributed by atoms with Gasteiger partial charge in [-0.1, -0.05) is 42.5 Å². The van der Waals surface area contributed by atoms with Gasteiger partial charge in [-0.3, -0.25) is 20.0 Å². The molecule has 0 bridgehead atoms. The van der Waals surface area contributed by atoms with E-state index in [1.165, 1.54) is 25.3 Å². The average Bonchev–Trinajstić information content (AvgIpc) is 2.83. The number of hydrogen-bond donors (Lipinski definition) is 0. The summed E-state index contributed by atoms with van der Waals surface area (Å²) in [6.07, 6.45) is 0. The van der Waals surface area contributed by atoms with Gasteiger partial charge in [-0.05, 0) is 39.1 Å². The number of allylic oxidation sites excluding steroid dienone is 2. The zero-order valence-electron chi connectivity index (χ0n) is 21.2. The first-order chi connectivity index (χ1) is 16.7. The van der Waals surface area contributed by atoms with Crippen molar-refractivity contribution in [2.24, 2.45) is 4.99 Å². The predicted octanol–water partition coefficient (Wildman–Crippen LogP) is 0.324. The Labute approximate surface area is 222 Å². The number of likely N-dealkylation sites (N-methyl/N-ethyl adjacent to an activating group) is 1. The van der Waals surface area contributed by atoms with Crippen molar-refractivity contribution in [3.8, 4) is 0 Å². The Morgan fingerprint density at radius 2 is 1.83 bits per heavy atom. The second kappa shape index (κ2) is 13.1. The maximum Gasteiger partial charge on any atom is 1.00 e. The second-order valence-electron chi connectivity index (χ2n) is 8.25. The summed E-state index contributed by atoms with van der Waals surface area (Å²) >= 11 is 0. The Bertz CT molecular complexity index is 1190. The maximum absolute atomic E-state index is 13.2. The number of benzene rings is 2. The van der Waals surface area contributed by atoms with Crippen molar-refractivity contribution in [1.82, 2.24) is 4.90 Å². The zero-order chi connectivity index (χ0) is 25.5. The standard InChI is InChI=1S/C26H29N3O6.Li/c1-17-22(25(30)34-4)24(20-11-8-12-21(15-20)29(32)33)23(18(2)27-17)26(31)35-14-13-28(3)16-19-9-6-5-7-10-19;/h5-12,15,24,30H,13-14,16H2,1-4H3;/q;+1/p-1/b25-22+;. The first-order valence-corrected chi connectivity index (χ1v) is 11.1. The van der Waals surface area contributed by atoms with Gasteiger partial charge in [0.15, 0.2) is 0 Å². The molecule has 2 aromatic carbocycles. The molecule has 36 heavy (non-hydrogen) atoms. The van der Waals surface area contributed by atoms with Crippen LogP contribution in [0.4, 0.5) is 5.69 Å². The van der Waals surface area contributed by atoms with Gasteiger partial charge in [0.2, 0.25) is 0 Å². The van der Waals surface area contributed by atoms with Crippen LogP contribution in [0.25, 0.3) is 0 Å². The van der Waals surface area contributed by atoms with Crippen LogP contribution in [0, 0.1) is 10.1 Å². The largest absolute Gasteiger partial charge is 1.00 e. The number of carbonyl (C=O) groups is 1. The third kappa shape index (κ3) is 6.85. The molecule has 184 valence electrons. The predicted molar refractivity (Wildman–Crippen MR) is 129 cm³/mol. The van der Waals surface area contributed by atoms with Crippen LogP contribution in [0.3, 0.4) is 0 Å². The first kappa shape index (κ1) is 28.9. The normalized spacial score (nSPS) is 16.7. The molecule has 1 heterocycles. The second-order valence-corrected chi connectivity index (χ2v) is 8.25. The minimum atomic E-state index is -0.908. The van der Waals surface area contributed by atoms with Crippen molar-refractivity contribution in [1.29, 1.82) is 0 Å². The van der Waals surface area contributed by atoms with E-state index in [-0.39, 0.29) is 42.3 Å². The molecule has 3 rings (SSSR count). The third-order valence-electron chi connectivity index (χ3n) is 5.73. The molecule has 0 aromatic heterocycles. The molecule has 1 aliphatic rings. The molecule has 1 unspecified atom stereocenters. The van der Waals surface area contributed by atoms with Crippen molar-refractivity contribution in [2.75, 3.05) is 27.3 Å². The van der Waals surface area contributed by atoms with Crippen molar-refractivity contribution >= 4 is 17.4 Å². The molecule has 0 radical (unpaired) electrons. The summed E-state index contributed by atoms with van der Waals surface area (Å²) in [5.41, 5.74) is 2.45. The number of hydrogen-bond acceptors (Lipinski definition) is 8. The molecule has 1 atom stereocenters. The monoisotopic (exact) mass is 485 g/mol. The molecular weight excluding hydrogens is 457 g/mol. The van der Waals surface area contributed by atoms with Gasteiger partial charge in [0.05, 0.1) is 16.4 Å². The van der Waals surface area contributed by atoms with Crippen molar-refractivity contribution in [3.63, 3.8) is 0 Å². The van der Waals surface area contributed by atoms with Gasteiger partial charge >= 0.3 is 24.8 Å². The minimum absolute atomic E-state index is 0. The molecule has 0 saturated heterocycles. The molecule has 0 spiro atoms. The van der Waals surface area contributed by atoms with Crippen molar-refractivity contribution in [3.05, 3.63) is 98.6 Å². The average molecular weight is 485 g/mol. The quantitative estimate of drug-likeness (QED) is 0.165. The number of nitro benzene ring substituents is 1. The zero-order valence-corrected chi connectivity index (χ0v) is 21.2. The van der Waals surface area contributed by atoms with E-state index in [2.05, 4.69) is 4.99 Å². The first-order valence-electron chi connectivity index (χ1n) is 11.1. The van der Waals surface area contributed by atoms with Gasteiger partial charge in [-0.15, -0.1) is 0 Å². The fourth-order valence-electron chi connectivity index (χ4n) is 4.07. The number of non-ortho nitro benzene ring substituents is 1. The Hall–Kier alpha value is -3.38. The summed E-state index contributed by atoms with van der Waals surface area (Å²) in [5.74, 6) is -2.21. The van der Waals surface area contributed by atoms with Crippen molar-refractivity contribution < 1.29 is 43.2 Å². The SMILES string of the molecule is CO/C([O-])=C1\C(C)=NC(C)=C(C(=O)OCCN(C)Cc2ccccc2)C1c1cccc([N+](=O)[O-])c1.[Li+]. The summed E-state index contributed by atoms with van der Waals surface area (Å²) in [5, 5.41) is 24.0. The van der Waals surface area contributed by atoms with E-state index in [1.807, 2.05) is 42.3 Å². The van der Waals surface area contributed by atoms with E-state index < -0.39 is 22.8 Å². The Kier molecular flexibility index (Phi) is 10.5. The smallest absolute Gasteiger partial charge is 0.616 e. The fraction of sp³-hybridized carbons (Fsp3) is 0.308. The van der Waals surface area contributed by atoms with Crippen LogP contribution in [-0.4, -0.2) is 48.8 Å². The summed E-state index contributed by atoms with van der Waals surface area (Å²) in [6, 6.07) is 15.8. The maximum atomic E-state index is 13.2. The number of methoxy groups -OCH3 is 1. The number of esters is 1. The molecule has 9 nitrogen and oxygen atoms in total. The van der Waals surface area contributed by atoms with E-state index in [4.69, 9.17) is 9.47 Å². The summed E-state index contributed by atoms with van der Waals surface area (Å²) in [4.78, 5) is 30.5. The van der Waals surface area contributed by atoms with E-state index in [0.717, 1.165) is 5.56 Å². The number of rotatable bonds is 9. The molecule has 0 fully saturated rings. The number of ether oxygens (including phenoxy) is 2. The van der Waals surface area contributed by atoms with Crippen LogP contribution in [0.15, 0.2) is 82.4 Å². The Morgan fingerprint density at radius 1 is 1.14 bits per heavy atom. The molecule has 10 heteroatoms. The van der Waals surface area contributed by atoms with Gasteiger partial charge in [-0.2, -0.15) is 0 Å². The van der Waals surface area contributed by atoms with Crippen LogP contribution in [0.1, 0.15) is 30.9 Å². The Balaban J connectivity index is 0.00000456. The molecule has 2 aromatic rings. The minimum Gasteiger partial charge on any atom is -0.616 e. The van der Waals surface area contributed by atoms with E-state index in [9.17, 15) is 20.0 Å². The summed E-state index contributed by atoms with van der Waals surface area (Å²) < 4.78 is 10.5.